The second-order valence-corrected chi connectivity index (χ2v) is 6.86. The maximum absolute atomic E-state index is 12.3. The van der Waals surface area contributed by atoms with Crippen molar-refractivity contribution in [3.05, 3.63) is 29.3 Å². The van der Waals surface area contributed by atoms with Gasteiger partial charge in [-0.05, 0) is 44.0 Å². The van der Waals surface area contributed by atoms with Crippen molar-refractivity contribution >= 4 is 27.5 Å². The number of rotatable bonds is 4. The van der Waals surface area contributed by atoms with Gasteiger partial charge in [0, 0.05) is 13.5 Å². The van der Waals surface area contributed by atoms with Gasteiger partial charge in [0.15, 0.2) is 0 Å². The molecule has 1 atom stereocenters. The summed E-state index contributed by atoms with van der Waals surface area (Å²) in [5.41, 5.74) is 1.02. The van der Waals surface area contributed by atoms with Crippen LogP contribution in [0.15, 0.2) is 24.3 Å². The Morgan fingerprint density at radius 2 is 2.33 bits per heavy atom. The Morgan fingerprint density at radius 3 is 3.10 bits per heavy atom. The van der Waals surface area contributed by atoms with Crippen LogP contribution in [0, 0.1) is 5.92 Å². The average Bonchev–Trinajstić information content (AvgIpc) is 2.90. The first-order valence-corrected chi connectivity index (χ1v) is 8.33. The molecule has 21 heavy (non-hydrogen) atoms. The number of benzene rings is 1. The molecule has 2 heterocycles. The number of amides is 1. The fourth-order valence-corrected chi connectivity index (χ4v) is 3.80. The molecule has 2 aromatic rings. The fraction of sp³-hybridized carbons (Fsp3) is 0.500. The lowest BCUT2D eigenvalue weighted by atomic mass is 9.96. The maximum atomic E-state index is 12.3. The number of carbonyl (C=O) groups is 1. The minimum absolute atomic E-state index is 0.225. The Kier molecular flexibility index (Phi) is 4.51. The molecule has 0 aliphatic carbocycles. The van der Waals surface area contributed by atoms with Crippen LogP contribution in [-0.4, -0.2) is 35.9 Å². The molecule has 0 spiro atoms. The zero-order valence-corrected chi connectivity index (χ0v) is 13.2. The molecule has 1 aromatic heterocycles. The summed E-state index contributed by atoms with van der Waals surface area (Å²) in [6.07, 6.45) is 2.99. The topological polar surface area (TPSA) is 45.2 Å². The third-order valence-electron chi connectivity index (χ3n) is 4.00. The Balaban J connectivity index is 1.59. The van der Waals surface area contributed by atoms with Crippen molar-refractivity contribution in [1.29, 1.82) is 0 Å². The van der Waals surface area contributed by atoms with Crippen molar-refractivity contribution in [2.24, 2.45) is 5.92 Å². The van der Waals surface area contributed by atoms with Crippen molar-refractivity contribution in [3.8, 4) is 0 Å². The maximum Gasteiger partial charge on any atom is 0.223 e. The van der Waals surface area contributed by atoms with Gasteiger partial charge >= 0.3 is 0 Å². The van der Waals surface area contributed by atoms with Crippen LogP contribution in [0.2, 0.25) is 0 Å². The zero-order chi connectivity index (χ0) is 14.7. The molecule has 1 N–H and O–H groups in total. The lowest BCUT2D eigenvalue weighted by Crippen LogP contribution is -2.34. The molecule has 5 heteroatoms. The van der Waals surface area contributed by atoms with Crippen molar-refractivity contribution in [1.82, 2.24) is 15.2 Å². The predicted octanol–water partition coefficient (Wildman–Crippen LogP) is 2.64. The highest BCUT2D eigenvalue weighted by Gasteiger charge is 2.19. The average molecular weight is 303 g/mol. The number of aromatic nitrogens is 1. The molecule has 1 amide bonds. The van der Waals surface area contributed by atoms with Crippen LogP contribution in [-0.2, 0) is 11.3 Å². The summed E-state index contributed by atoms with van der Waals surface area (Å²) in [7, 11) is 1.88. The highest BCUT2D eigenvalue weighted by molar-refractivity contribution is 7.18. The van der Waals surface area contributed by atoms with E-state index in [0.717, 1.165) is 30.0 Å². The van der Waals surface area contributed by atoms with Gasteiger partial charge in [-0.3, -0.25) is 4.79 Å². The Bertz CT molecular complexity index is 586. The summed E-state index contributed by atoms with van der Waals surface area (Å²) in [6.45, 7) is 2.67. The summed E-state index contributed by atoms with van der Waals surface area (Å²) in [4.78, 5) is 18.7. The molecule has 1 saturated heterocycles. The molecule has 1 unspecified atom stereocenters. The van der Waals surface area contributed by atoms with Gasteiger partial charge in [-0.15, -0.1) is 11.3 Å². The number of piperidine rings is 1. The van der Waals surface area contributed by atoms with E-state index in [0.29, 0.717) is 18.9 Å². The Morgan fingerprint density at radius 1 is 1.48 bits per heavy atom. The quantitative estimate of drug-likeness (QED) is 0.944. The number of nitrogens with zero attached hydrogens (tertiary/aromatic N) is 2. The Labute approximate surface area is 129 Å². The van der Waals surface area contributed by atoms with Crippen molar-refractivity contribution in [3.63, 3.8) is 0 Å². The van der Waals surface area contributed by atoms with Gasteiger partial charge < -0.3 is 10.2 Å². The van der Waals surface area contributed by atoms with E-state index in [1.165, 1.54) is 11.1 Å². The minimum atomic E-state index is 0.225. The van der Waals surface area contributed by atoms with Crippen LogP contribution in [0.25, 0.3) is 10.2 Å². The first kappa shape index (κ1) is 14.5. The lowest BCUT2D eigenvalue weighted by molar-refractivity contribution is -0.131. The summed E-state index contributed by atoms with van der Waals surface area (Å²) in [5, 5.41) is 4.37. The van der Waals surface area contributed by atoms with Crippen LogP contribution in [0.1, 0.15) is 24.3 Å². The highest BCUT2D eigenvalue weighted by atomic mass is 32.1. The van der Waals surface area contributed by atoms with Crippen LogP contribution < -0.4 is 5.32 Å². The van der Waals surface area contributed by atoms with E-state index >= 15 is 0 Å². The molecule has 0 saturated carbocycles. The molecule has 1 aliphatic heterocycles. The number of carbonyl (C=O) groups excluding carboxylic acids is 1. The van der Waals surface area contributed by atoms with E-state index in [2.05, 4.69) is 16.4 Å². The van der Waals surface area contributed by atoms with E-state index in [1.54, 1.807) is 11.3 Å². The SMILES string of the molecule is CN(Cc1nc2ccccc2s1)C(=O)CC1CCCNC1. The molecule has 1 aliphatic rings. The molecule has 4 nitrogen and oxygen atoms in total. The van der Waals surface area contributed by atoms with E-state index < -0.39 is 0 Å². The van der Waals surface area contributed by atoms with Gasteiger partial charge in [0.05, 0.1) is 16.8 Å². The normalized spacial score (nSPS) is 18.8. The molecule has 0 bridgehead atoms. The smallest absolute Gasteiger partial charge is 0.223 e. The van der Waals surface area contributed by atoms with Gasteiger partial charge in [-0.1, -0.05) is 12.1 Å². The number of hydrogen-bond donors (Lipinski definition) is 1. The molecule has 3 rings (SSSR count). The van der Waals surface area contributed by atoms with Gasteiger partial charge in [-0.25, -0.2) is 4.98 Å². The predicted molar refractivity (Wildman–Crippen MR) is 86.3 cm³/mol. The minimum Gasteiger partial charge on any atom is -0.339 e. The number of para-hydroxylation sites is 1. The highest BCUT2D eigenvalue weighted by Crippen LogP contribution is 2.23. The number of nitrogens with one attached hydrogen (secondary N) is 1. The van der Waals surface area contributed by atoms with Gasteiger partial charge in [0.2, 0.25) is 5.91 Å². The standard InChI is InChI=1S/C16H21N3OS/c1-19(16(20)9-12-5-4-8-17-10-12)11-15-18-13-6-2-3-7-14(13)21-15/h2-3,6-7,12,17H,4-5,8-11H2,1H3. The summed E-state index contributed by atoms with van der Waals surface area (Å²) in [6, 6.07) is 8.11. The summed E-state index contributed by atoms with van der Waals surface area (Å²) in [5.74, 6) is 0.715. The van der Waals surface area contributed by atoms with Crippen molar-refractivity contribution in [2.45, 2.75) is 25.8 Å². The van der Waals surface area contributed by atoms with Crippen molar-refractivity contribution < 1.29 is 4.79 Å². The summed E-state index contributed by atoms with van der Waals surface area (Å²) >= 11 is 1.67. The zero-order valence-electron chi connectivity index (χ0n) is 12.3. The van der Waals surface area contributed by atoms with Crippen molar-refractivity contribution in [2.75, 3.05) is 20.1 Å². The monoisotopic (exact) mass is 303 g/mol. The molecule has 112 valence electrons. The number of fused-ring (bicyclic) bond motifs is 1. The van der Waals surface area contributed by atoms with Crippen LogP contribution in [0.5, 0.6) is 0 Å². The van der Waals surface area contributed by atoms with Crippen LogP contribution in [0.3, 0.4) is 0 Å². The second kappa shape index (κ2) is 6.54. The molecule has 1 aromatic carbocycles. The van der Waals surface area contributed by atoms with E-state index in [4.69, 9.17) is 0 Å². The second-order valence-electron chi connectivity index (χ2n) is 5.74. The first-order chi connectivity index (χ1) is 10.2. The summed E-state index contributed by atoms with van der Waals surface area (Å²) < 4.78 is 1.19. The van der Waals surface area contributed by atoms with E-state index in [9.17, 15) is 4.79 Å². The number of hydrogen-bond acceptors (Lipinski definition) is 4. The molecule has 1 fully saturated rings. The molecular formula is C16H21N3OS. The molecule has 0 radical (unpaired) electrons. The van der Waals surface area contributed by atoms with Gasteiger partial charge in [0.25, 0.3) is 0 Å². The van der Waals surface area contributed by atoms with E-state index in [1.807, 2.05) is 30.1 Å². The number of thiazole rings is 1. The Hall–Kier alpha value is -1.46. The largest absolute Gasteiger partial charge is 0.339 e. The molecular weight excluding hydrogens is 282 g/mol. The first-order valence-electron chi connectivity index (χ1n) is 7.51. The third-order valence-corrected chi connectivity index (χ3v) is 5.02. The van der Waals surface area contributed by atoms with Crippen LogP contribution in [0.4, 0.5) is 0 Å². The van der Waals surface area contributed by atoms with E-state index in [-0.39, 0.29) is 5.91 Å². The van der Waals surface area contributed by atoms with Gasteiger partial charge in [0.1, 0.15) is 5.01 Å². The fourth-order valence-electron chi connectivity index (χ4n) is 2.78. The van der Waals surface area contributed by atoms with Gasteiger partial charge in [-0.2, -0.15) is 0 Å². The van der Waals surface area contributed by atoms with Crippen LogP contribution >= 0.6 is 11.3 Å². The lowest BCUT2D eigenvalue weighted by Gasteiger charge is -2.24. The third kappa shape index (κ3) is 3.60.